The fourth-order valence-electron chi connectivity index (χ4n) is 2.52. The third-order valence-corrected chi connectivity index (χ3v) is 5.01. The van der Waals surface area contributed by atoms with Gasteiger partial charge in [-0.25, -0.2) is 0 Å². The molecule has 0 spiro atoms. The summed E-state index contributed by atoms with van der Waals surface area (Å²) < 4.78 is 5.30. The fourth-order valence-corrected chi connectivity index (χ4v) is 3.42. The summed E-state index contributed by atoms with van der Waals surface area (Å²) in [5.41, 5.74) is 0. The molecule has 0 radical (unpaired) electrons. The number of ether oxygens (including phenoxy) is 1. The first-order valence-electron chi connectivity index (χ1n) is 8.89. The Morgan fingerprint density at radius 2 is 1.78 bits per heavy atom. The lowest BCUT2D eigenvalue weighted by atomic mass is 10.1. The third-order valence-electron chi connectivity index (χ3n) is 3.88. The van der Waals surface area contributed by atoms with Crippen LogP contribution in [0.4, 0.5) is 0 Å². The minimum Gasteiger partial charge on any atom is -0.465 e. The zero-order valence-corrected chi connectivity index (χ0v) is 15.1. The maximum atomic E-state index is 11.9. The van der Waals surface area contributed by atoms with Crippen LogP contribution in [0.2, 0.25) is 0 Å². The standard InChI is InChI=1S/C19H29NO2S/c1-2-3-4-5-6-7-8-9-10-11-16-22-19(21)18-13-12-17(23-18)14-15-20/h12-14,18H,2-11,16H2,1H3. The van der Waals surface area contributed by atoms with Crippen molar-refractivity contribution >= 4 is 17.7 Å². The molecule has 0 aromatic rings. The zero-order valence-electron chi connectivity index (χ0n) is 14.3. The normalized spacial score (nSPS) is 18.3. The Balaban J connectivity index is 1.92. The molecule has 128 valence electrons. The number of nitrogens with zero attached hydrogens (tertiary/aromatic N) is 1. The maximum absolute atomic E-state index is 11.9. The summed E-state index contributed by atoms with van der Waals surface area (Å²) in [6.45, 7) is 2.76. The first-order chi connectivity index (χ1) is 11.3. The summed E-state index contributed by atoms with van der Waals surface area (Å²) in [6.07, 6.45) is 17.8. The van der Waals surface area contributed by atoms with Crippen LogP contribution in [0.5, 0.6) is 0 Å². The molecule has 0 fully saturated rings. The Morgan fingerprint density at radius 1 is 1.17 bits per heavy atom. The van der Waals surface area contributed by atoms with Crippen molar-refractivity contribution in [2.75, 3.05) is 6.61 Å². The summed E-state index contributed by atoms with van der Waals surface area (Å²) >= 11 is 1.38. The Morgan fingerprint density at radius 3 is 2.39 bits per heavy atom. The summed E-state index contributed by atoms with van der Waals surface area (Å²) in [5.74, 6) is -0.191. The number of carbonyl (C=O) groups is 1. The van der Waals surface area contributed by atoms with E-state index in [0.717, 1.165) is 17.7 Å². The first-order valence-corrected chi connectivity index (χ1v) is 9.77. The molecule has 1 unspecified atom stereocenters. The van der Waals surface area contributed by atoms with Gasteiger partial charge in [-0.05, 0) is 6.42 Å². The highest BCUT2D eigenvalue weighted by Gasteiger charge is 2.23. The van der Waals surface area contributed by atoms with Crippen LogP contribution in [-0.4, -0.2) is 17.8 Å². The summed E-state index contributed by atoms with van der Waals surface area (Å²) in [6, 6.07) is 1.97. The van der Waals surface area contributed by atoms with E-state index in [4.69, 9.17) is 10.00 Å². The number of esters is 1. The number of rotatable bonds is 12. The van der Waals surface area contributed by atoms with E-state index in [1.165, 1.54) is 69.2 Å². The van der Waals surface area contributed by atoms with Crippen molar-refractivity contribution in [2.24, 2.45) is 0 Å². The van der Waals surface area contributed by atoms with Crippen molar-refractivity contribution in [3.8, 4) is 6.07 Å². The van der Waals surface area contributed by atoms with Gasteiger partial charge in [-0.2, -0.15) is 5.26 Å². The van der Waals surface area contributed by atoms with Crippen LogP contribution in [0.15, 0.2) is 23.1 Å². The average molecular weight is 336 g/mol. The number of hydrogen-bond acceptors (Lipinski definition) is 4. The monoisotopic (exact) mass is 335 g/mol. The molecule has 0 aliphatic carbocycles. The molecule has 1 heterocycles. The van der Waals surface area contributed by atoms with Gasteiger partial charge in [0.1, 0.15) is 5.25 Å². The predicted molar refractivity (Wildman–Crippen MR) is 97.0 cm³/mol. The van der Waals surface area contributed by atoms with Gasteiger partial charge in [-0.3, -0.25) is 4.79 Å². The minimum atomic E-state index is -0.280. The average Bonchev–Trinajstić information content (AvgIpc) is 3.01. The van der Waals surface area contributed by atoms with Gasteiger partial charge in [-0.15, -0.1) is 11.8 Å². The van der Waals surface area contributed by atoms with Crippen molar-refractivity contribution in [1.82, 2.24) is 0 Å². The van der Waals surface area contributed by atoms with Crippen molar-refractivity contribution in [1.29, 1.82) is 5.26 Å². The van der Waals surface area contributed by atoms with Gasteiger partial charge in [0.2, 0.25) is 0 Å². The van der Waals surface area contributed by atoms with Gasteiger partial charge in [-0.1, -0.05) is 76.9 Å². The topological polar surface area (TPSA) is 50.1 Å². The molecule has 0 saturated heterocycles. The minimum absolute atomic E-state index is 0.191. The lowest BCUT2D eigenvalue weighted by Crippen LogP contribution is -2.17. The van der Waals surface area contributed by atoms with Crippen LogP contribution in [0.3, 0.4) is 0 Å². The van der Waals surface area contributed by atoms with E-state index in [1.807, 2.05) is 6.07 Å². The van der Waals surface area contributed by atoms with E-state index in [2.05, 4.69) is 6.92 Å². The number of allylic oxidation sites excluding steroid dienone is 2. The van der Waals surface area contributed by atoms with E-state index in [-0.39, 0.29) is 11.2 Å². The number of hydrogen-bond donors (Lipinski definition) is 0. The van der Waals surface area contributed by atoms with E-state index in [9.17, 15) is 4.79 Å². The summed E-state index contributed by atoms with van der Waals surface area (Å²) in [7, 11) is 0. The molecule has 0 amide bonds. The smallest absolute Gasteiger partial charge is 0.323 e. The number of nitriles is 1. The van der Waals surface area contributed by atoms with Gasteiger partial charge in [0.15, 0.2) is 0 Å². The molecule has 0 saturated carbocycles. The SMILES string of the molecule is CCCCCCCCCCCCOC(=O)C1C=CC(=CC#N)S1. The molecule has 0 aromatic carbocycles. The van der Waals surface area contributed by atoms with E-state index in [0.29, 0.717) is 6.61 Å². The number of unbranched alkanes of at least 4 members (excludes halogenated alkanes) is 9. The van der Waals surface area contributed by atoms with Crippen molar-refractivity contribution in [3.05, 3.63) is 23.1 Å². The maximum Gasteiger partial charge on any atom is 0.323 e. The van der Waals surface area contributed by atoms with Crippen LogP contribution in [0.25, 0.3) is 0 Å². The quantitative estimate of drug-likeness (QED) is 0.267. The van der Waals surface area contributed by atoms with Crippen molar-refractivity contribution in [2.45, 2.75) is 76.4 Å². The molecule has 23 heavy (non-hydrogen) atoms. The molecule has 0 N–H and O–H groups in total. The van der Waals surface area contributed by atoms with E-state index >= 15 is 0 Å². The Hall–Kier alpha value is -1.21. The van der Waals surface area contributed by atoms with Crippen molar-refractivity contribution < 1.29 is 9.53 Å². The second-order valence-corrected chi connectivity index (χ2v) is 7.14. The molecule has 0 aromatic heterocycles. The highest BCUT2D eigenvalue weighted by atomic mass is 32.2. The van der Waals surface area contributed by atoms with Crippen LogP contribution in [-0.2, 0) is 9.53 Å². The fraction of sp³-hybridized carbons (Fsp3) is 0.684. The second kappa shape index (κ2) is 13.2. The zero-order chi connectivity index (χ0) is 16.8. The third kappa shape index (κ3) is 9.50. The molecular weight excluding hydrogens is 306 g/mol. The van der Waals surface area contributed by atoms with Gasteiger partial charge < -0.3 is 4.74 Å². The molecule has 1 atom stereocenters. The lowest BCUT2D eigenvalue weighted by Gasteiger charge is -2.08. The Labute approximate surface area is 145 Å². The molecule has 0 bridgehead atoms. The van der Waals surface area contributed by atoms with Gasteiger partial charge in [0, 0.05) is 11.0 Å². The Bertz CT molecular complexity index is 437. The first kappa shape index (κ1) is 19.8. The highest BCUT2D eigenvalue weighted by molar-refractivity contribution is 8.05. The van der Waals surface area contributed by atoms with Gasteiger partial charge in [0.25, 0.3) is 0 Å². The molecule has 1 rings (SSSR count). The lowest BCUT2D eigenvalue weighted by molar-refractivity contribution is -0.142. The number of carbonyl (C=O) groups excluding carboxylic acids is 1. The molecule has 4 heteroatoms. The van der Waals surface area contributed by atoms with E-state index in [1.54, 1.807) is 12.2 Å². The van der Waals surface area contributed by atoms with Crippen LogP contribution in [0, 0.1) is 11.3 Å². The van der Waals surface area contributed by atoms with Gasteiger partial charge in [0.05, 0.1) is 12.7 Å². The van der Waals surface area contributed by atoms with Crippen LogP contribution >= 0.6 is 11.8 Å². The molecule has 1 aliphatic heterocycles. The van der Waals surface area contributed by atoms with Crippen LogP contribution in [0.1, 0.15) is 71.1 Å². The summed E-state index contributed by atoms with van der Waals surface area (Å²) in [5, 5.41) is 8.30. The predicted octanol–water partition coefficient (Wildman–Crippen LogP) is 5.53. The highest BCUT2D eigenvalue weighted by Crippen LogP contribution is 2.31. The van der Waals surface area contributed by atoms with Crippen LogP contribution < -0.4 is 0 Å². The largest absolute Gasteiger partial charge is 0.465 e. The van der Waals surface area contributed by atoms with Gasteiger partial charge >= 0.3 is 5.97 Å². The molecule has 1 aliphatic rings. The van der Waals surface area contributed by atoms with E-state index < -0.39 is 0 Å². The molecular formula is C19H29NO2S. The number of thioether (sulfide) groups is 1. The Kier molecular flexibility index (Phi) is 11.4. The van der Waals surface area contributed by atoms with Crippen molar-refractivity contribution in [3.63, 3.8) is 0 Å². The molecule has 3 nitrogen and oxygen atoms in total. The summed E-state index contributed by atoms with van der Waals surface area (Å²) in [4.78, 5) is 12.7. The second-order valence-electron chi connectivity index (χ2n) is 5.92.